The van der Waals surface area contributed by atoms with Crippen molar-refractivity contribution in [2.75, 3.05) is 20.2 Å². The van der Waals surface area contributed by atoms with E-state index in [1.165, 1.54) is 7.11 Å². The van der Waals surface area contributed by atoms with E-state index in [9.17, 15) is 22.8 Å². The highest BCUT2D eigenvalue weighted by Crippen LogP contribution is 2.18. The maximum Gasteiger partial charge on any atom is 0.406 e. The molecule has 1 aromatic heterocycles. The third-order valence-corrected chi connectivity index (χ3v) is 2.05. The molecule has 1 aromatic rings. The van der Waals surface area contributed by atoms with Crippen LogP contribution >= 0.6 is 0 Å². The Morgan fingerprint density at radius 1 is 1.50 bits per heavy atom. The zero-order valence-electron chi connectivity index (χ0n) is 10.3. The number of carbonyl (C=O) groups is 2. The largest absolute Gasteiger partial charge is 0.480 e. The molecule has 0 unspecified atom stereocenters. The summed E-state index contributed by atoms with van der Waals surface area (Å²) in [7, 11) is 1.35. The van der Waals surface area contributed by atoms with Crippen LogP contribution in [0, 0.1) is 0 Å². The minimum atomic E-state index is -4.72. The molecule has 20 heavy (non-hydrogen) atoms. The number of halogens is 3. The fraction of sp³-hybridized carbons (Fsp3) is 0.500. The molecule has 0 bridgehead atoms. The molecule has 0 saturated carbocycles. The monoisotopic (exact) mass is 296 g/mol. The molecule has 0 aliphatic carbocycles. The molecule has 0 aliphatic heterocycles. The molecule has 1 rings (SSSR count). The number of alkyl halides is 3. The lowest BCUT2D eigenvalue weighted by Gasteiger charge is -2.20. The molecule has 1 heterocycles. The average molecular weight is 296 g/mol. The standard InChI is InChI=1S/C10H11F3N2O5/c1-19-4-6-2-7(14-20-6)9(18)15(3-8(16)17)5-10(11,12)13/h2H,3-5H2,1H3,(H,16,17). The first kappa shape index (κ1) is 16.0. The van der Waals surface area contributed by atoms with Crippen molar-refractivity contribution in [3.63, 3.8) is 0 Å². The normalized spacial score (nSPS) is 11.4. The van der Waals surface area contributed by atoms with Crippen LogP contribution in [0.5, 0.6) is 0 Å². The number of ether oxygens (including phenoxy) is 1. The van der Waals surface area contributed by atoms with Gasteiger partial charge in [0.2, 0.25) is 0 Å². The zero-order valence-corrected chi connectivity index (χ0v) is 10.3. The average Bonchev–Trinajstić information content (AvgIpc) is 2.73. The molecule has 10 heteroatoms. The number of hydrogen-bond acceptors (Lipinski definition) is 5. The number of rotatable bonds is 6. The summed E-state index contributed by atoms with van der Waals surface area (Å²) in [6, 6.07) is 1.09. The minimum absolute atomic E-state index is 0.0154. The van der Waals surface area contributed by atoms with Gasteiger partial charge in [0.25, 0.3) is 5.91 Å². The first-order valence-electron chi connectivity index (χ1n) is 5.25. The van der Waals surface area contributed by atoms with Crippen LogP contribution < -0.4 is 0 Å². The molecule has 0 radical (unpaired) electrons. The summed E-state index contributed by atoms with van der Waals surface area (Å²) in [6.07, 6.45) is -4.72. The van der Waals surface area contributed by atoms with Gasteiger partial charge >= 0.3 is 12.1 Å². The van der Waals surface area contributed by atoms with E-state index in [1.807, 2.05) is 0 Å². The summed E-state index contributed by atoms with van der Waals surface area (Å²) in [6.45, 7) is -2.80. The Bertz CT molecular complexity index is 485. The second kappa shape index (κ2) is 6.37. The van der Waals surface area contributed by atoms with Gasteiger partial charge in [-0.15, -0.1) is 0 Å². The minimum Gasteiger partial charge on any atom is -0.480 e. The van der Waals surface area contributed by atoms with Crippen molar-refractivity contribution in [3.05, 3.63) is 17.5 Å². The topological polar surface area (TPSA) is 92.9 Å². The van der Waals surface area contributed by atoms with E-state index in [4.69, 9.17) is 9.84 Å². The van der Waals surface area contributed by atoms with Gasteiger partial charge in [0.05, 0.1) is 0 Å². The maximum atomic E-state index is 12.3. The Morgan fingerprint density at radius 3 is 2.65 bits per heavy atom. The van der Waals surface area contributed by atoms with Crippen molar-refractivity contribution in [3.8, 4) is 0 Å². The molecular formula is C10H11F3N2O5. The number of carbonyl (C=O) groups excluding carboxylic acids is 1. The third kappa shape index (κ3) is 4.88. The Balaban J connectivity index is 2.88. The van der Waals surface area contributed by atoms with Crippen LogP contribution in [0.25, 0.3) is 0 Å². The fourth-order valence-corrected chi connectivity index (χ4v) is 1.37. The first-order chi connectivity index (χ1) is 9.23. The smallest absolute Gasteiger partial charge is 0.406 e. The lowest BCUT2D eigenvalue weighted by Crippen LogP contribution is -2.42. The van der Waals surface area contributed by atoms with E-state index in [0.717, 1.165) is 6.07 Å². The Hall–Kier alpha value is -2.10. The van der Waals surface area contributed by atoms with Gasteiger partial charge in [-0.3, -0.25) is 9.59 Å². The van der Waals surface area contributed by atoms with Crippen LogP contribution in [-0.2, 0) is 16.1 Å². The summed E-state index contributed by atoms with van der Waals surface area (Å²) in [5.74, 6) is -2.61. The maximum absolute atomic E-state index is 12.3. The van der Waals surface area contributed by atoms with Gasteiger partial charge in [-0.2, -0.15) is 13.2 Å². The van der Waals surface area contributed by atoms with Crippen LogP contribution in [0.4, 0.5) is 13.2 Å². The van der Waals surface area contributed by atoms with Crippen LogP contribution in [0.1, 0.15) is 16.2 Å². The SMILES string of the molecule is COCc1cc(C(=O)N(CC(=O)O)CC(F)(F)F)no1. The van der Waals surface area contributed by atoms with E-state index in [-0.39, 0.29) is 17.3 Å². The van der Waals surface area contributed by atoms with Gasteiger partial charge in [-0.1, -0.05) is 5.16 Å². The molecule has 0 aromatic carbocycles. The van der Waals surface area contributed by atoms with E-state index in [2.05, 4.69) is 9.68 Å². The van der Waals surface area contributed by atoms with Crippen LogP contribution in [-0.4, -0.2) is 53.4 Å². The number of carboxylic acids is 1. The number of carboxylic acid groups (broad SMARTS) is 1. The lowest BCUT2D eigenvalue weighted by atomic mass is 10.3. The first-order valence-corrected chi connectivity index (χ1v) is 5.25. The summed E-state index contributed by atoms with van der Waals surface area (Å²) < 4.78 is 46.3. The number of methoxy groups -OCH3 is 1. The van der Waals surface area contributed by atoms with E-state index in [0.29, 0.717) is 0 Å². The highest BCUT2D eigenvalue weighted by molar-refractivity contribution is 5.94. The molecular weight excluding hydrogens is 285 g/mol. The van der Waals surface area contributed by atoms with Crippen molar-refractivity contribution in [2.24, 2.45) is 0 Å². The zero-order chi connectivity index (χ0) is 15.3. The van der Waals surface area contributed by atoms with E-state index in [1.54, 1.807) is 0 Å². The number of amides is 1. The van der Waals surface area contributed by atoms with E-state index >= 15 is 0 Å². The van der Waals surface area contributed by atoms with Crippen molar-refractivity contribution >= 4 is 11.9 Å². The molecule has 0 saturated heterocycles. The third-order valence-electron chi connectivity index (χ3n) is 2.05. The predicted octanol–water partition coefficient (Wildman–Crippen LogP) is 0.910. The Kier molecular flexibility index (Phi) is 5.08. The van der Waals surface area contributed by atoms with Crippen molar-refractivity contribution in [1.82, 2.24) is 10.1 Å². The van der Waals surface area contributed by atoms with Crippen LogP contribution in [0.15, 0.2) is 10.6 Å². The van der Waals surface area contributed by atoms with Gasteiger partial charge in [0, 0.05) is 13.2 Å². The highest BCUT2D eigenvalue weighted by Gasteiger charge is 2.35. The summed E-state index contributed by atoms with van der Waals surface area (Å²) in [5.41, 5.74) is -0.414. The van der Waals surface area contributed by atoms with Gasteiger partial charge in [0.15, 0.2) is 11.5 Å². The predicted molar refractivity (Wildman–Crippen MR) is 56.8 cm³/mol. The lowest BCUT2D eigenvalue weighted by molar-refractivity contribution is -0.149. The van der Waals surface area contributed by atoms with Gasteiger partial charge in [-0.05, 0) is 0 Å². The molecule has 0 fully saturated rings. The molecule has 1 N–H and O–H groups in total. The van der Waals surface area contributed by atoms with Crippen LogP contribution in [0.3, 0.4) is 0 Å². The quantitative estimate of drug-likeness (QED) is 0.838. The fourth-order valence-electron chi connectivity index (χ4n) is 1.37. The molecule has 112 valence electrons. The summed E-state index contributed by atoms with van der Waals surface area (Å²) in [4.78, 5) is 22.4. The number of aliphatic carboxylic acids is 1. The van der Waals surface area contributed by atoms with Crippen LogP contribution in [0.2, 0.25) is 0 Å². The highest BCUT2D eigenvalue weighted by atomic mass is 19.4. The second-order valence-electron chi connectivity index (χ2n) is 3.78. The molecule has 0 atom stereocenters. The number of nitrogens with zero attached hydrogens (tertiary/aromatic N) is 2. The molecule has 7 nitrogen and oxygen atoms in total. The van der Waals surface area contributed by atoms with Gasteiger partial charge < -0.3 is 19.3 Å². The van der Waals surface area contributed by atoms with Crippen molar-refractivity contribution < 1.29 is 37.1 Å². The summed E-state index contributed by atoms with van der Waals surface area (Å²) in [5, 5.41) is 11.8. The van der Waals surface area contributed by atoms with Crippen molar-refractivity contribution in [1.29, 1.82) is 0 Å². The molecule has 0 spiro atoms. The summed E-state index contributed by atoms with van der Waals surface area (Å²) >= 11 is 0. The number of hydrogen-bond donors (Lipinski definition) is 1. The Morgan fingerprint density at radius 2 is 2.15 bits per heavy atom. The molecule has 1 amide bonds. The van der Waals surface area contributed by atoms with Gasteiger partial charge in [-0.25, -0.2) is 0 Å². The second-order valence-corrected chi connectivity index (χ2v) is 3.78. The molecule has 0 aliphatic rings. The van der Waals surface area contributed by atoms with Crippen molar-refractivity contribution in [2.45, 2.75) is 12.8 Å². The van der Waals surface area contributed by atoms with E-state index < -0.39 is 36.8 Å². The van der Waals surface area contributed by atoms with Gasteiger partial charge in [0.1, 0.15) is 19.7 Å². The number of aromatic nitrogens is 1. The Labute approximate surface area is 110 Å².